The van der Waals surface area contributed by atoms with Crippen molar-refractivity contribution in [2.45, 2.75) is 49.7 Å². The average Bonchev–Trinajstić information content (AvgIpc) is 2.55. The summed E-state index contributed by atoms with van der Waals surface area (Å²) in [4.78, 5) is 22.9. The van der Waals surface area contributed by atoms with Crippen LogP contribution in [0.1, 0.15) is 19.3 Å². The molecule has 1 heterocycles. The van der Waals surface area contributed by atoms with E-state index < -0.39 is 54.7 Å². The van der Waals surface area contributed by atoms with Crippen LogP contribution in [0.4, 0.5) is 0 Å². The van der Waals surface area contributed by atoms with Gasteiger partial charge < -0.3 is 35.6 Å². The number of unbranched alkanes of at least 4 members (excludes halogenated alkanes) is 1. The highest BCUT2D eigenvalue weighted by molar-refractivity contribution is 6.17. The average molecular weight is 368 g/mol. The van der Waals surface area contributed by atoms with Crippen molar-refractivity contribution in [1.29, 1.82) is 0 Å². The lowest BCUT2D eigenvalue weighted by molar-refractivity contribution is -0.149. The van der Waals surface area contributed by atoms with Crippen molar-refractivity contribution in [3.63, 3.8) is 0 Å². The van der Waals surface area contributed by atoms with Gasteiger partial charge in [0.1, 0.15) is 18.3 Å². The highest BCUT2D eigenvalue weighted by atomic mass is 35.5. The lowest BCUT2D eigenvalue weighted by atomic mass is 9.93. The van der Waals surface area contributed by atoms with Gasteiger partial charge in [0.05, 0.1) is 12.6 Å². The van der Waals surface area contributed by atoms with Crippen LogP contribution < -0.4 is 5.32 Å². The van der Waals surface area contributed by atoms with E-state index in [4.69, 9.17) is 26.6 Å². The predicted molar refractivity (Wildman–Crippen MR) is 82.2 cm³/mol. The van der Waals surface area contributed by atoms with Crippen LogP contribution >= 0.6 is 11.6 Å². The van der Waals surface area contributed by atoms with Crippen LogP contribution in [0.25, 0.3) is 0 Å². The van der Waals surface area contributed by atoms with Crippen LogP contribution in [0.2, 0.25) is 0 Å². The minimum atomic E-state index is -1.72. The van der Waals surface area contributed by atoms with E-state index in [0.717, 1.165) is 6.08 Å². The molecule has 0 bridgehead atoms. The Morgan fingerprint density at radius 3 is 2.54 bits per heavy atom. The highest BCUT2D eigenvalue weighted by Gasteiger charge is 2.43. The number of hydrogen-bond acceptors (Lipinski definition) is 7. The molecule has 0 saturated heterocycles. The summed E-state index contributed by atoms with van der Waals surface area (Å²) in [6.07, 6.45) is -4.11. The Hall–Kier alpha value is -1.39. The van der Waals surface area contributed by atoms with E-state index in [1.54, 1.807) is 0 Å². The zero-order valence-electron chi connectivity index (χ0n) is 12.8. The zero-order valence-corrected chi connectivity index (χ0v) is 13.6. The largest absolute Gasteiger partial charge is 0.478 e. The van der Waals surface area contributed by atoms with Crippen molar-refractivity contribution >= 4 is 23.5 Å². The van der Waals surface area contributed by atoms with Crippen LogP contribution in [-0.2, 0) is 14.3 Å². The molecule has 0 aromatic rings. The van der Waals surface area contributed by atoms with Gasteiger partial charge in [-0.25, -0.2) is 4.79 Å². The lowest BCUT2D eigenvalue weighted by Crippen LogP contribution is -2.60. The van der Waals surface area contributed by atoms with E-state index in [0.29, 0.717) is 18.7 Å². The first-order chi connectivity index (χ1) is 11.3. The number of carbonyl (C=O) groups excluding carboxylic acids is 1. The number of nitrogens with one attached hydrogen (secondary N) is 1. The summed E-state index contributed by atoms with van der Waals surface area (Å²) in [5.41, 5.74) is 0. The first kappa shape index (κ1) is 20.7. The van der Waals surface area contributed by atoms with Gasteiger partial charge in [0.15, 0.2) is 6.10 Å². The van der Waals surface area contributed by atoms with Crippen molar-refractivity contribution in [3.05, 3.63) is 11.8 Å². The van der Waals surface area contributed by atoms with Gasteiger partial charge in [-0.05, 0) is 18.9 Å². The molecular weight excluding hydrogens is 346 g/mol. The van der Waals surface area contributed by atoms with Crippen LogP contribution in [0, 0.1) is 0 Å². The van der Waals surface area contributed by atoms with Gasteiger partial charge in [-0.15, -0.1) is 11.6 Å². The smallest absolute Gasteiger partial charge is 0.370 e. The highest BCUT2D eigenvalue weighted by Crippen LogP contribution is 2.23. The quantitative estimate of drug-likeness (QED) is 0.208. The Balaban J connectivity index is 2.90. The van der Waals surface area contributed by atoms with E-state index in [9.17, 15) is 24.9 Å². The molecule has 138 valence electrons. The first-order valence-corrected chi connectivity index (χ1v) is 7.97. The second kappa shape index (κ2) is 9.80. The van der Waals surface area contributed by atoms with Crippen LogP contribution in [0.15, 0.2) is 11.8 Å². The predicted octanol–water partition coefficient (Wildman–Crippen LogP) is -1.68. The normalized spacial score (nSPS) is 26.0. The maximum atomic E-state index is 11.9. The fraction of sp³-hybridized carbons (Fsp3) is 0.714. The molecule has 0 saturated carbocycles. The summed E-state index contributed by atoms with van der Waals surface area (Å²) in [5, 5.41) is 50.0. The van der Waals surface area contributed by atoms with E-state index in [1.165, 1.54) is 0 Å². The number of carboxylic acids is 1. The molecule has 0 radical (unpaired) electrons. The van der Waals surface area contributed by atoms with Gasteiger partial charge >= 0.3 is 5.97 Å². The van der Waals surface area contributed by atoms with Crippen LogP contribution in [0.3, 0.4) is 0 Å². The first-order valence-electron chi connectivity index (χ1n) is 7.44. The Labute approximate surface area is 143 Å². The number of amides is 1. The van der Waals surface area contributed by atoms with Crippen LogP contribution in [-0.4, -0.2) is 80.4 Å². The Morgan fingerprint density at radius 1 is 1.33 bits per heavy atom. The molecule has 0 unspecified atom stereocenters. The maximum absolute atomic E-state index is 11.9. The Kier molecular flexibility index (Phi) is 8.43. The summed E-state index contributed by atoms with van der Waals surface area (Å²) in [6.45, 7) is -0.806. The van der Waals surface area contributed by atoms with Gasteiger partial charge in [-0.3, -0.25) is 4.79 Å². The van der Waals surface area contributed by atoms with Crippen molar-refractivity contribution in [1.82, 2.24) is 5.32 Å². The molecule has 1 aliphatic heterocycles. The number of alkyl halides is 1. The molecule has 0 aliphatic carbocycles. The lowest BCUT2D eigenvalue weighted by Gasteiger charge is -2.38. The topological polar surface area (TPSA) is 157 Å². The van der Waals surface area contributed by atoms with Crippen LogP contribution in [0.5, 0.6) is 0 Å². The summed E-state index contributed by atoms with van der Waals surface area (Å²) in [6, 6.07) is -1.19. The van der Waals surface area contributed by atoms with Gasteiger partial charge in [0.2, 0.25) is 11.7 Å². The number of hydrogen-bond donors (Lipinski definition) is 6. The molecule has 0 aromatic heterocycles. The van der Waals surface area contributed by atoms with Gasteiger partial charge in [0, 0.05) is 12.3 Å². The Morgan fingerprint density at radius 2 is 2.00 bits per heavy atom. The molecule has 1 amide bonds. The third-order valence-corrected chi connectivity index (χ3v) is 3.82. The minimum absolute atomic E-state index is 0.122. The number of aliphatic hydroxyl groups excluding tert-OH is 4. The van der Waals surface area contributed by atoms with E-state index >= 15 is 0 Å². The van der Waals surface area contributed by atoms with E-state index in [2.05, 4.69) is 5.32 Å². The molecule has 10 heteroatoms. The summed E-state index contributed by atoms with van der Waals surface area (Å²) < 4.78 is 5.09. The van der Waals surface area contributed by atoms with Crippen molar-refractivity contribution in [2.75, 3.05) is 12.5 Å². The molecule has 1 rings (SSSR count). The third-order valence-electron chi connectivity index (χ3n) is 3.55. The molecule has 5 atom stereocenters. The number of ether oxygens (including phenoxy) is 1. The second-order valence-electron chi connectivity index (χ2n) is 5.39. The molecule has 0 spiro atoms. The van der Waals surface area contributed by atoms with Crippen molar-refractivity contribution < 1.29 is 39.9 Å². The SMILES string of the molecule is O=C(CCCCCl)N[C@H]1[C@H]([C@H](O)[C@H](O)CO)OC(C(=O)O)=C[C@@H]1O. The monoisotopic (exact) mass is 367 g/mol. The molecule has 0 aromatic carbocycles. The molecule has 6 N–H and O–H groups in total. The fourth-order valence-corrected chi connectivity index (χ4v) is 2.44. The summed E-state index contributed by atoms with van der Waals surface area (Å²) >= 11 is 5.52. The molecule has 24 heavy (non-hydrogen) atoms. The van der Waals surface area contributed by atoms with Crippen molar-refractivity contribution in [3.8, 4) is 0 Å². The Bertz CT molecular complexity index is 472. The number of aliphatic carboxylic acids is 1. The molecular formula is C14H22ClNO8. The fourth-order valence-electron chi connectivity index (χ4n) is 2.25. The molecule has 9 nitrogen and oxygen atoms in total. The third kappa shape index (κ3) is 5.60. The number of rotatable bonds is 9. The number of aliphatic hydroxyl groups is 4. The number of carbonyl (C=O) groups is 2. The number of halogens is 1. The van der Waals surface area contributed by atoms with Gasteiger partial charge in [0.25, 0.3) is 0 Å². The van der Waals surface area contributed by atoms with Crippen molar-refractivity contribution in [2.24, 2.45) is 0 Å². The zero-order chi connectivity index (χ0) is 18.3. The molecule has 1 aliphatic rings. The van der Waals surface area contributed by atoms with E-state index in [1.807, 2.05) is 0 Å². The number of carboxylic acid groups (broad SMARTS) is 1. The summed E-state index contributed by atoms with van der Waals surface area (Å²) in [5.74, 6) is -2.14. The van der Waals surface area contributed by atoms with E-state index in [-0.39, 0.29) is 6.42 Å². The maximum Gasteiger partial charge on any atom is 0.370 e. The summed E-state index contributed by atoms with van der Waals surface area (Å²) in [7, 11) is 0. The van der Waals surface area contributed by atoms with Gasteiger partial charge in [-0.2, -0.15) is 0 Å². The van der Waals surface area contributed by atoms with Gasteiger partial charge in [-0.1, -0.05) is 0 Å². The molecule has 0 fully saturated rings. The minimum Gasteiger partial charge on any atom is -0.478 e. The second-order valence-corrected chi connectivity index (χ2v) is 5.77. The standard InChI is InChI=1S/C14H22ClNO8/c15-4-2-1-3-10(20)16-11-7(18)5-9(14(22)23)24-13(11)12(21)8(19)6-17/h5,7-8,11-13,17-19,21H,1-4,6H2,(H,16,20)(H,22,23)/t7-,8+,11+,12+,13+/m0/s1.